The van der Waals surface area contributed by atoms with Crippen molar-refractivity contribution < 1.29 is 14.3 Å². The molecule has 6 nitrogen and oxygen atoms in total. The van der Waals surface area contributed by atoms with E-state index in [2.05, 4.69) is 35.9 Å². The molecule has 1 fully saturated rings. The summed E-state index contributed by atoms with van der Waals surface area (Å²) >= 11 is 0. The van der Waals surface area contributed by atoms with Gasteiger partial charge in [-0.1, -0.05) is 26.0 Å². The fourth-order valence-electron chi connectivity index (χ4n) is 4.57. The molecule has 2 aromatic heterocycles. The zero-order valence-electron chi connectivity index (χ0n) is 17.3. The smallest absolute Gasteiger partial charge is 0.338 e. The maximum Gasteiger partial charge on any atom is 0.338 e. The Morgan fingerprint density at radius 1 is 1.20 bits per heavy atom. The first kappa shape index (κ1) is 18.9. The minimum Gasteiger partial charge on any atom is -0.455 e. The molecule has 2 aliphatic heterocycles. The van der Waals surface area contributed by atoms with Crippen LogP contribution in [-0.2, 0) is 11.2 Å². The zero-order valence-corrected chi connectivity index (χ0v) is 17.3. The van der Waals surface area contributed by atoms with E-state index in [0.29, 0.717) is 49.5 Å². The quantitative estimate of drug-likeness (QED) is 0.655. The van der Waals surface area contributed by atoms with Crippen LogP contribution in [0.3, 0.4) is 0 Å². The lowest BCUT2D eigenvalue weighted by Crippen LogP contribution is -2.51. The number of aromatic nitrogens is 2. The van der Waals surface area contributed by atoms with Gasteiger partial charge in [0, 0.05) is 38.5 Å². The minimum atomic E-state index is -0.512. The van der Waals surface area contributed by atoms with Gasteiger partial charge in [-0.3, -0.25) is 9.78 Å². The number of amides is 1. The highest BCUT2D eigenvalue weighted by Crippen LogP contribution is 2.37. The third-order valence-electron chi connectivity index (χ3n) is 6.42. The Balaban J connectivity index is 1.31. The number of aromatic amines is 1. The van der Waals surface area contributed by atoms with Crippen LogP contribution in [0.15, 0.2) is 42.6 Å². The number of nitrogens with zero attached hydrogens (tertiary/aromatic N) is 2. The highest BCUT2D eigenvalue weighted by Gasteiger charge is 2.43. The summed E-state index contributed by atoms with van der Waals surface area (Å²) in [6, 6.07) is 11.7. The Morgan fingerprint density at radius 2 is 2.00 bits per heavy atom. The number of rotatable bonds is 2. The van der Waals surface area contributed by atoms with Gasteiger partial charge in [-0.25, -0.2) is 4.79 Å². The number of piperidine rings is 1. The predicted molar refractivity (Wildman–Crippen MR) is 114 cm³/mol. The number of benzene rings is 1. The predicted octanol–water partition coefficient (Wildman–Crippen LogP) is 4.07. The standard InChI is InChI=1S/C24H25N3O3/c1-15(2)16-5-6-17-14-24(30-23(29)18(17)12-16)7-10-27(11-8-24)22(28)21-13-20-19(26-21)4-3-9-25-20/h3-6,9,12-13,15,26H,7-8,10-11,14H2,1-2H3. The zero-order chi connectivity index (χ0) is 20.9. The molecule has 2 aliphatic rings. The van der Waals surface area contributed by atoms with Crippen LogP contribution in [0, 0.1) is 0 Å². The minimum absolute atomic E-state index is 0.0352. The Labute approximate surface area is 175 Å². The molecule has 0 bridgehead atoms. The molecule has 5 rings (SSSR count). The molecule has 1 N–H and O–H groups in total. The number of likely N-dealkylation sites (tertiary alicyclic amines) is 1. The van der Waals surface area contributed by atoms with Crippen molar-refractivity contribution in [2.75, 3.05) is 13.1 Å². The third kappa shape index (κ3) is 3.16. The van der Waals surface area contributed by atoms with E-state index >= 15 is 0 Å². The second-order valence-electron chi connectivity index (χ2n) is 8.73. The molecule has 1 aromatic carbocycles. The number of hydrogen-bond acceptors (Lipinski definition) is 4. The summed E-state index contributed by atoms with van der Waals surface area (Å²) in [5.41, 5.74) is 4.57. The average molecular weight is 403 g/mol. The Bertz CT molecular complexity index is 1110. The first-order chi connectivity index (χ1) is 14.4. The first-order valence-corrected chi connectivity index (χ1v) is 10.5. The van der Waals surface area contributed by atoms with E-state index < -0.39 is 5.60 Å². The van der Waals surface area contributed by atoms with E-state index in [-0.39, 0.29) is 11.9 Å². The van der Waals surface area contributed by atoms with Crippen molar-refractivity contribution in [2.24, 2.45) is 0 Å². The largest absolute Gasteiger partial charge is 0.455 e. The summed E-state index contributed by atoms with van der Waals surface area (Å²) in [5.74, 6) is 0.0975. The van der Waals surface area contributed by atoms with E-state index in [1.165, 1.54) is 0 Å². The van der Waals surface area contributed by atoms with Crippen LogP contribution in [0.4, 0.5) is 0 Å². The lowest BCUT2D eigenvalue weighted by atomic mass is 9.80. The molecule has 0 unspecified atom stereocenters. The summed E-state index contributed by atoms with van der Waals surface area (Å²) in [6.07, 6.45) is 3.72. The molecule has 0 radical (unpaired) electrons. The summed E-state index contributed by atoms with van der Waals surface area (Å²) in [5, 5.41) is 0. The van der Waals surface area contributed by atoms with Gasteiger partial charge in [0.1, 0.15) is 11.3 Å². The monoisotopic (exact) mass is 403 g/mol. The third-order valence-corrected chi connectivity index (χ3v) is 6.42. The van der Waals surface area contributed by atoms with Gasteiger partial charge in [0.05, 0.1) is 16.6 Å². The highest BCUT2D eigenvalue weighted by molar-refractivity contribution is 5.97. The highest BCUT2D eigenvalue weighted by atomic mass is 16.6. The summed E-state index contributed by atoms with van der Waals surface area (Å²) in [4.78, 5) is 35.0. The van der Waals surface area contributed by atoms with Gasteiger partial charge in [0.2, 0.25) is 0 Å². The summed E-state index contributed by atoms with van der Waals surface area (Å²) in [6.45, 7) is 5.36. The van der Waals surface area contributed by atoms with Crippen LogP contribution < -0.4 is 0 Å². The molecule has 1 spiro atoms. The Hall–Kier alpha value is -3.15. The van der Waals surface area contributed by atoms with Gasteiger partial charge in [0.15, 0.2) is 0 Å². The SMILES string of the molecule is CC(C)c1ccc2c(c1)C(=O)OC1(CCN(C(=O)c3cc4ncccc4[nH]3)CC1)C2. The van der Waals surface area contributed by atoms with Gasteiger partial charge >= 0.3 is 5.97 Å². The van der Waals surface area contributed by atoms with E-state index in [4.69, 9.17) is 4.74 Å². The number of esters is 1. The molecule has 30 heavy (non-hydrogen) atoms. The van der Waals surface area contributed by atoms with E-state index in [0.717, 1.165) is 22.2 Å². The van der Waals surface area contributed by atoms with Crippen molar-refractivity contribution in [1.29, 1.82) is 0 Å². The molecule has 4 heterocycles. The van der Waals surface area contributed by atoms with Gasteiger partial charge in [-0.15, -0.1) is 0 Å². The fraction of sp³-hybridized carbons (Fsp3) is 0.375. The number of hydrogen-bond donors (Lipinski definition) is 1. The molecular formula is C24H25N3O3. The van der Waals surface area contributed by atoms with Gasteiger partial charge in [0.25, 0.3) is 5.91 Å². The molecule has 0 atom stereocenters. The normalized spacial score (nSPS) is 18.0. The number of pyridine rings is 1. The van der Waals surface area contributed by atoms with Crippen LogP contribution in [-0.4, -0.2) is 45.4 Å². The number of nitrogens with one attached hydrogen (secondary N) is 1. The van der Waals surface area contributed by atoms with Crippen LogP contribution >= 0.6 is 0 Å². The van der Waals surface area contributed by atoms with E-state index in [1.807, 2.05) is 23.1 Å². The summed E-state index contributed by atoms with van der Waals surface area (Å²) < 4.78 is 5.96. The molecule has 6 heteroatoms. The van der Waals surface area contributed by atoms with Gasteiger partial charge < -0.3 is 14.6 Å². The number of carbonyl (C=O) groups is 2. The number of carbonyl (C=O) groups excluding carboxylic acids is 2. The topological polar surface area (TPSA) is 75.3 Å². The average Bonchev–Trinajstić information content (AvgIpc) is 3.18. The fourth-order valence-corrected chi connectivity index (χ4v) is 4.57. The van der Waals surface area contributed by atoms with Crippen LogP contribution in [0.2, 0.25) is 0 Å². The molecule has 0 aliphatic carbocycles. The van der Waals surface area contributed by atoms with Crippen molar-refractivity contribution in [3.05, 3.63) is 65.0 Å². The Kier molecular flexibility index (Phi) is 4.38. The molecule has 154 valence electrons. The van der Waals surface area contributed by atoms with Gasteiger partial charge in [-0.2, -0.15) is 0 Å². The van der Waals surface area contributed by atoms with Crippen molar-refractivity contribution in [1.82, 2.24) is 14.9 Å². The number of H-pyrrole nitrogens is 1. The molecular weight excluding hydrogens is 378 g/mol. The maximum atomic E-state index is 13.0. The number of fused-ring (bicyclic) bond motifs is 2. The van der Waals surface area contributed by atoms with Crippen LogP contribution in [0.25, 0.3) is 11.0 Å². The first-order valence-electron chi connectivity index (χ1n) is 10.5. The van der Waals surface area contributed by atoms with Crippen LogP contribution in [0.1, 0.15) is 64.6 Å². The van der Waals surface area contributed by atoms with Crippen molar-refractivity contribution in [3.8, 4) is 0 Å². The van der Waals surface area contributed by atoms with Crippen molar-refractivity contribution >= 4 is 22.9 Å². The van der Waals surface area contributed by atoms with E-state index in [1.54, 1.807) is 12.3 Å². The number of ether oxygens (including phenoxy) is 1. The lowest BCUT2D eigenvalue weighted by Gasteiger charge is -2.43. The molecule has 3 aromatic rings. The van der Waals surface area contributed by atoms with Crippen LogP contribution in [0.5, 0.6) is 0 Å². The van der Waals surface area contributed by atoms with E-state index in [9.17, 15) is 9.59 Å². The van der Waals surface area contributed by atoms with Crippen molar-refractivity contribution in [3.63, 3.8) is 0 Å². The molecule has 1 amide bonds. The molecule has 0 saturated carbocycles. The summed E-state index contributed by atoms with van der Waals surface area (Å²) in [7, 11) is 0. The molecule has 1 saturated heterocycles. The van der Waals surface area contributed by atoms with Crippen molar-refractivity contribution in [2.45, 2.75) is 44.6 Å². The second kappa shape index (κ2) is 6.97. The Morgan fingerprint density at radius 3 is 2.73 bits per heavy atom. The second-order valence-corrected chi connectivity index (χ2v) is 8.73. The maximum absolute atomic E-state index is 13.0. The van der Waals surface area contributed by atoms with Gasteiger partial charge in [-0.05, 0) is 41.3 Å². The lowest BCUT2D eigenvalue weighted by molar-refractivity contribution is -0.0527.